The van der Waals surface area contributed by atoms with E-state index in [9.17, 15) is 4.79 Å². The maximum atomic E-state index is 12.5. The highest BCUT2D eigenvalue weighted by molar-refractivity contribution is 7.20. The van der Waals surface area contributed by atoms with Crippen molar-refractivity contribution < 1.29 is 4.79 Å². The molecule has 0 aliphatic carbocycles. The number of hydrogen-bond acceptors (Lipinski definition) is 4. The largest absolute Gasteiger partial charge is 0.351 e. The van der Waals surface area contributed by atoms with Crippen molar-refractivity contribution >= 4 is 27.5 Å². The number of para-hydroxylation sites is 1. The van der Waals surface area contributed by atoms with E-state index in [0.717, 1.165) is 27.3 Å². The molecule has 3 aromatic heterocycles. The van der Waals surface area contributed by atoms with E-state index in [4.69, 9.17) is 0 Å². The van der Waals surface area contributed by atoms with Crippen LogP contribution in [-0.4, -0.2) is 27.2 Å². The van der Waals surface area contributed by atoms with Crippen molar-refractivity contribution in [2.24, 2.45) is 0 Å². The molecule has 0 spiro atoms. The Morgan fingerprint density at radius 1 is 1.15 bits per heavy atom. The molecule has 3 heterocycles. The summed E-state index contributed by atoms with van der Waals surface area (Å²) in [4.78, 5) is 18.5. The second-order valence-electron chi connectivity index (χ2n) is 5.99. The van der Waals surface area contributed by atoms with E-state index in [1.807, 2.05) is 66.2 Å². The molecule has 4 rings (SSSR count). The van der Waals surface area contributed by atoms with Gasteiger partial charge in [-0.1, -0.05) is 24.3 Å². The number of pyridine rings is 1. The van der Waals surface area contributed by atoms with E-state index in [2.05, 4.69) is 15.4 Å². The van der Waals surface area contributed by atoms with Crippen LogP contribution in [0.2, 0.25) is 0 Å². The third-order valence-electron chi connectivity index (χ3n) is 4.16. The minimum atomic E-state index is -0.0545. The predicted octanol–water partition coefficient (Wildman–Crippen LogP) is 3.76. The van der Waals surface area contributed by atoms with Crippen molar-refractivity contribution in [1.82, 2.24) is 20.1 Å². The number of amides is 1. The van der Waals surface area contributed by atoms with Gasteiger partial charge in [0.15, 0.2) is 0 Å². The molecule has 0 saturated carbocycles. The molecule has 0 fully saturated rings. The summed E-state index contributed by atoms with van der Waals surface area (Å²) in [6, 6.07) is 17.7. The lowest BCUT2D eigenvalue weighted by molar-refractivity contribution is 0.0958. The number of aryl methyl sites for hydroxylation is 1. The number of carbonyl (C=O) groups excluding carboxylic acids is 1. The zero-order chi connectivity index (χ0) is 17.9. The quantitative estimate of drug-likeness (QED) is 0.588. The van der Waals surface area contributed by atoms with Gasteiger partial charge in [0, 0.05) is 30.2 Å². The van der Waals surface area contributed by atoms with Crippen molar-refractivity contribution in [2.45, 2.75) is 13.3 Å². The van der Waals surface area contributed by atoms with Gasteiger partial charge in [0.25, 0.3) is 5.91 Å². The Morgan fingerprint density at radius 2 is 1.96 bits per heavy atom. The summed E-state index contributed by atoms with van der Waals surface area (Å²) in [5.41, 5.74) is 2.89. The molecule has 1 aromatic carbocycles. The van der Waals surface area contributed by atoms with Crippen LogP contribution < -0.4 is 5.32 Å². The Balaban J connectivity index is 1.53. The first-order valence-electron chi connectivity index (χ1n) is 8.45. The SMILES string of the molecule is Cc1nn(-c2ccccc2)c2sc(C(=O)NCCc3ccccn3)cc12. The Bertz CT molecular complexity index is 1040. The van der Waals surface area contributed by atoms with E-state index in [1.54, 1.807) is 6.20 Å². The Labute approximate surface area is 155 Å². The molecule has 1 amide bonds. The van der Waals surface area contributed by atoms with Crippen LogP contribution in [0.15, 0.2) is 60.8 Å². The standard InChI is InChI=1S/C20H18N4OS/c1-14-17-13-18(19(25)22-12-10-15-7-5-6-11-21-15)26-20(17)24(23-14)16-8-3-2-4-9-16/h2-9,11,13H,10,12H2,1H3,(H,22,25). The number of aromatic nitrogens is 3. The van der Waals surface area contributed by atoms with E-state index in [1.165, 1.54) is 11.3 Å². The lowest BCUT2D eigenvalue weighted by atomic mass is 10.2. The Morgan fingerprint density at radius 3 is 2.73 bits per heavy atom. The molecule has 5 nitrogen and oxygen atoms in total. The maximum absolute atomic E-state index is 12.5. The molecular formula is C20H18N4OS. The van der Waals surface area contributed by atoms with E-state index in [0.29, 0.717) is 17.8 Å². The highest BCUT2D eigenvalue weighted by Crippen LogP contribution is 2.30. The molecule has 0 saturated heterocycles. The molecule has 26 heavy (non-hydrogen) atoms. The van der Waals surface area contributed by atoms with Crippen LogP contribution in [-0.2, 0) is 6.42 Å². The molecule has 0 aliphatic rings. The smallest absolute Gasteiger partial charge is 0.261 e. The van der Waals surface area contributed by atoms with Crippen LogP contribution in [0.4, 0.5) is 0 Å². The van der Waals surface area contributed by atoms with Gasteiger partial charge in [-0.2, -0.15) is 5.10 Å². The minimum Gasteiger partial charge on any atom is -0.351 e. The molecule has 0 atom stereocenters. The van der Waals surface area contributed by atoms with Gasteiger partial charge in [0.2, 0.25) is 0 Å². The van der Waals surface area contributed by atoms with Gasteiger partial charge >= 0.3 is 0 Å². The van der Waals surface area contributed by atoms with Gasteiger partial charge < -0.3 is 5.32 Å². The van der Waals surface area contributed by atoms with Crippen molar-refractivity contribution in [3.05, 3.63) is 77.1 Å². The van der Waals surface area contributed by atoms with E-state index >= 15 is 0 Å². The van der Waals surface area contributed by atoms with Gasteiger partial charge in [0.1, 0.15) is 4.83 Å². The molecule has 0 aliphatic heterocycles. The minimum absolute atomic E-state index is 0.0545. The molecular weight excluding hydrogens is 344 g/mol. The van der Waals surface area contributed by atoms with Crippen molar-refractivity contribution in [3.8, 4) is 5.69 Å². The van der Waals surface area contributed by atoms with Gasteiger partial charge in [-0.25, -0.2) is 4.68 Å². The van der Waals surface area contributed by atoms with Crippen LogP contribution in [0.25, 0.3) is 15.9 Å². The summed E-state index contributed by atoms with van der Waals surface area (Å²) < 4.78 is 1.90. The molecule has 0 bridgehead atoms. The third kappa shape index (κ3) is 3.23. The highest BCUT2D eigenvalue weighted by Gasteiger charge is 2.16. The fourth-order valence-electron chi connectivity index (χ4n) is 2.84. The number of nitrogens with zero attached hydrogens (tertiary/aromatic N) is 3. The topological polar surface area (TPSA) is 59.8 Å². The van der Waals surface area contributed by atoms with Crippen LogP contribution in [0.5, 0.6) is 0 Å². The first-order valence-corrected chi connectivity index (χ1v) is 9.27. The van der Waals surface area contributed by atoms with Crippen molar-refractivity contribution in [3.63, 3.8) is 0 Å². The lowest BCUT2D eigenvalue weighted by Gasteiger charge is -2.03. The molecule has 4 aromatic rings. The number of thiophene rings is 1. The average molecular weight is 362 g/mol. The number of carbonyl (C=O) groups is 1. The summed E-state index contributed by atoms with van der Waals surface area (Å²) in [6.45, 7) is 2.53. The van der Waals surface area contributed by atoms with Crippen LogP contribution in [0, 0.1) is 6.92 Å². The van der Waals surface area contributed by atoms with Gasteiger partial charge in [-0.3, -0.25) is 9.78 Å². The molecule has 0 unspecified atom stereocenters. The number of nitrogens with one attached hydrogen (secondary N) is 1. The molecule has 1 N–H and O–H groups in total. The normalized spacial score (nSPS) is 11.0. The first-order chi connectivity index (χ1) is 12.7. The molecule has 130 valence electrons. The molecule has 0 radical (unpaired) electrons. The fraction of sp³-hybridized carbons (Fsp3) is 0.150. The summed E-state index contributed by atoms with van der Waals surface area (Å²) in [6.07, 6.45) is 2.48. The molecule has 6 heteroatoms. The van der Waals surface area contributed by atoms with Crippen LogP contribution >= 0.6 is 11.3 Å². The maximum Gasteiger partial charge on any atom is 0.261 e. The first kappa shape index (κ1) is 16.5. The average Bonchev–Trinajstić information content (AvgIpc) is 3.24. The number of rotatable bonds is 5. The Kier molecular flexibility index (Phi) is 4.50. The number of benzene rings is 1. The monoisotopic (exact) mass is 362 g/mol. The second kappa shape index (κ2) is 7.09. The van der Waals surface area contributed by atoms with Gasteiger partial charge in [0.05, 0.1) is 16.3 Å². The zero-order valence-corrected chi connectivity index (χ0v) is 15.2. The van der Waals surface area contributed by atoms with E-state index in [-0.39, 0.29) is 5.91 Å². The van der Waals surface area contributed by atoms with Gasteiger partial charge in [-0.05, 0) is 37.3 Å². The van der Waals surface area contributed by atoms with E-state index < -0.39 is 0 Å². The summed E-state index contributed by atoms with van der Waals surface area (Å²) in [7, 11) is 0. The lowest BCUT2D eigenvalue weighted by Crippen LogP contribution is -2.25. The van der Waals surface area contributed by atoms with Gasteiger partial charge in [-0.15, -0.1) is 11.3 Å². The third-order valence-corrected chi connectivity index (χ3v) is 5.27. The highest BCUT2D eigenvalue weighted by atomic mass is 32.1. The summed E-state index contributed by atoms with van der Waals surface area (Å²) >= 11 is 1.47. The van der Waals surface area contributed by atoms with Crippen LogP contribution in [0.1, 0.15) is 21.1 Å². The van der Waals surface area contributed by atoms with Crippen molar-refractivity contribution in [2.75, 3.05) is 6.54 Å². The van der Waals surface area contributed by atoms with Crippen molar-refractivity contribution in [1.29, 1.82) is 0 Å². The number of fused-ring (bicyclic) bond motifs is 1. The predicted molar refractivity (Wildman–Crippen MR) is 104 cm³/mol. The summed E-state index contributed by atoms with van der Waals surface area (Å²) in [5, 5.41) is 8.61. The zero-order valence-electron chi connectivity index (χ0n) is 14.3. The number of hydrogen-bond donors (Lipinski definition) is 1. The summed E-state index contributed by atoms with van der Waals surface area (Å²) in [5.74, 6) is -0.0545. The Hall–Kier alpha value is -2.99. The van der Waals surface area contributed by atoms with Crippen LogP contribution in [0.3, 0.4) is 0 Å². The second-order valence-corrected chi connectivity index (χ2v) is 7.02. The fourth-order valence-corrected chi connectivity index (χ4v) is 3.94.